The van der Waals surface area contributed by atoms with Gasteiger partial charge in [0.25, 0.3) is 11.6 Å². The predicted molar refractivity (Wildman–Crippen MR) is 152 cm³/mol. The van der Waals surface area contributed by atoms with E-state index < -0.39 is 22.2 Å². The molecule has 2 N–H and O–H groups in total. The molecule has 0 aromatic heterocycles. The SMILES string of the molecule is COC1(OC)CC[C@@]2(C)[C@@H](CC[C@@H]3[C@@H]2CC[C@@]2(C)[C@H]3CC[C@@]2(O)CCNC(=O)c2cc(N=[N+]=[N-])ccc2[N+](=O)[O-])C1. The zero-order chi connectivity index (χ0) is 29.6. The van der Waals surface area contributed by atoms with E-state index >= 15 is 0 Å². The van der Waals surface area contributed by atoms with Crippen molar-refractivity contribution in [3.63, 3.8) is 0 Å². The van der Waals surface area contributed by atoms with E-state index in [0.29, 0.717) is 36.5 Å². The van der Waals surface area contributed by atoms with Gasteiger partial charge in [-0.05, 0) is 104 Å². The van der Waals surface area contributed by atoms with Crippen LogP contribution in [-0.4, -0.2) is 48.1 Å². The fourth-order valence-electron chi connectivity index (χ4n) is 9.63. The van der Waals surface area contributed by atoms with Crippen LogP contribution in [0.1, 0.15) is 88.4 Å². The summed E-state index contributed by atoms with van der Waals surface area (Å²) < 4.78 is 11.7. The van der Waals surface area contributed by atoms with Crippen molar-refractivity contribution in [3.05, 3.63) is 44.3 Å². The number of nitrogens with zero attached hydrogens (tertiary/aromatic N) is 4. The van der Waals surface area contributed by atoms with Crippen LogP contribution in [0.3, 0.4) is 0 Å². The highest BCUT2D eigenvalue weighted by atomic mass is 16.7. The third-order valence-corrected chi connectivity index (χ3v) is 12.1. The molecule has 0 bridgehead atoms. The fraction of sp³-hybridized carbons (Fsp3) is 0.767. The van der Waals surface area contributed by atoms with Crippen LogP contribution in [-0.2, 0) is 9.47 Å². The first-order chi connectivity index (χ1) is 19.5. The summed E-state index contributed by atoms with van der Waals surface area (Å²) in [6.07, 6.45) is 9.34. The molecule has 4 aliphatic rings. The number of amides is 1. The number of hydrogen-bond donors (Lipinski definition) is 2. The lowest BCUT2D eigenvalue weighted by Crippen LogP contribution is -2.58. The Morgan fingerprint density at radius 3 is 2.56 bits per heavy atom. The molecule has 4 fully saturated rings. The number of methoxy groups -OCH3 is 2. The number of ether oxygens (including phenoxy) is 2. The third kappa shape index (κ3) is 4.80. The molecular formula is C30H43N5O6. The van der Waals surface area contributed by atoms with Gasteiger partial charge in [0.1, 0.15) is 5.56 Å². The second-order valence-electron chi connectivity index (χ2n) is 13.4. The lowest BCUT2D eigenvalue weighted by molar-refractivity contribution is -0.385. The first-order valence-corrected chi connectivity index (χ1v) is 14.9. The number of fused-ring (bicyclic) bond motifs is 5. The van der Waals surface area contributed by atoms with Crippen molar-refractivity contribution in [2.45, 2.75) is 89.4 Å². The van der Waals surface area contributed by atoms with Crippen molar-refractivity contribution in [2.24, 2.45) is 39.6 Å². The van der Waals surface area contributed by atoms with E-state index in [1.54, 1.807) is 14.2 Å². The average Bonchev–Trinajstić information content (AvgIpc) is 3.23. The highest BCUT2D eigenvalue weighted by Gasteiger charge is 2.65. The number of nitrogens with one attached hydrogen (secondary N) is 1. The van der Waals surface area contributed by atoms with Crippen molar-refractivity contribution >= 4 is 17.3 Å². The van der Waals surface area contributed by atoms with Crippen LogP contribution >= 0.6 is 0 Å². The molecule has 11 nitrogen and oxygen atoms in total. The van der Waals surface area contributed by atoms with E-state index in [-0.39, 0.29) is 34.3 Å². The molecule has 4 aliphatic carbocycles. The van der Waals surface area contributed by atoms with Crippen molar-refractivity contribution in [3.8, 4) is 0 Å². The van der Waals surface area contributed by atoms with Crippen molar-refractivity contribution in [1.29, 1.82) is 0 Å². The molecule has 5 rings (SSSR count). The molecule has 0 radical (unpaired) electrons. The van der Waals surface area contributed by atoms with Crippen LogP contribution in [0.5, 0.6) is 0 Å². The van der Waals surface area contributed by atoms with Gasteiger partial charge in [0, 0.05) is 50.3 Å². The summed E-state index contributed by atoms with van der Waals surface area (Å²) in [4.78, 5) is 26.5. The van der Waals surface area contributed by atoms with E-state index in [1.165, 1.54) is 18.2 Å². The van der Waals surface area contributed by atoms with Gasteiger partial charge in [0.2, 0.25) is 0 Å². The molecule has 0 spiro atoms. The number of carbonyl (C=O) groups excluding carboxylic acids is 1. The Bertz CT molecular complexity index is 1250. The zero-order valence-corrected chi connectivity index (χ0v) is 24.6. The van der Waals surface area contributed by atoms with E-state index in [4.69, 9.17) is 15.0 Å². The number of rotatable bonds is 8. The molecule has 0 unspecified atom stereocenters. The topological polar surface area (TPSA) is 160 Å². The second-order valence-corrected chi connectivity index (χ2v) is 13.4. The summed E-state index contributed by atoms with van der Waals surface area (Å²) in [7, 11) is 3.51. The quantitative estimate of drug-likeness (QED) is 0.0917. The minimum absolute atomic E-state index is 0.126. The summed E-state index contributed by atoms with van der Waals surface area (Å²) in [5.41, 5.74) is 7.41. The molecule has 1 aromatic carbocycles. The average molecular weight is 570 g/mol. The Kier molecular flexibility index (Phi) is 7.87. The first kappa shape index (κ1) is 29.8. The van der Waals surface area contributed by atoms with E-state index in [0.717, 1.165) is 51.4 Å². The molecule has 1 amide bonds. The molecule has 4 saturated carbocycles. The third-order valence-electron chi connectivity index (χ3n) is 12.1. The van der Waals surface area contributed by atoms with Gasteiger partial charge >= 0.3 is 0 Å². The highest BCUT2D eigenvalue weighted by molar-refractivity contribution is 5.99. The summed E-state index contributed by atoms with van der Waals surface area (Å²) >= 11 is 0. The van der Waals surface area contributed by atoms with Gasteiger partial charge in [-0.2, -0.15) is 0 Å². The molecule has 1 aromatic rings. The number of carbonyl (C=O) groups is 1. The van der Waals surface area contributed by atoms with E-state index in [1.807, 2.05) is 0 Å². The van der Waals surface area contributed by atoms with Gasteiger partial charge in [0.05, 0.1) is 10.5 Å². The Hall–Kier alpha value is -2.72. The van der Waals surface area contributed by atoms with Crippen LogP contribution in [0.2, 0.25) is 0 Å². The monoisotopic (exact) mass is 569 g/mol. The maximum Gasteiger partial charge on any atom is 0.282 e. The lowest BCUT2D eigenvalue weighted by Gasteiger charge is -2.62. The summed E-state index contributed by atoms with van der Waals surface area (Å²) in [5.74, 6) is 1.10. The molecule has 0 saturated heterocycles. The van der Waals surface area contributed by atoms with Gasteiger partial charge in [0.15, 0.2) is 5.79 Å². The number of hydrogen-bond acceptors (Lipinski definition) is 7. The molecule has 7 atom stereocenters. The van der Waals surface area contributed by atoms with Crippen LogP contribution in [0.25, 0.3) is 10.4 Å². The Balaban J connectivity index is 1.27. The standard InChI is InChI=1S/C30H43N5O6/c1-27-13-14-30(40-3,41-4)18-19(27)5-7-21-23(27)9-11-28(2)24(21)10-12-29(28,37)15-16-32-26(36)22-17-20(33-34-31)6-8-25(22)35(38)39/h6,8,17,19,21,23-24,37H,5,7,9-16,18H2,1-4H3,(H,32,36)/t19-,21+,23-,24-,27-,28-,29+/m0/s1. The summed E-state index contributed by atoms with van der Waals surface area (Å²) in [5, 5.41) is 29.8. The second kappa shape index (κ2) is 10.8. The number of nitro benzene ring substituents is 1. The molecule has 41 heavy (non-hydrogen) atoms. The maximum atomic E-state index is 13.0. The van der Waals surface area contributed by atoms with Gasteiger partial charge in [-0.1, -0.05) is 19.0 Å². The molecule has 0 heterocycles. The molecule has 224 valence electrons. The van der Waals surface area contributed by atoms with E-state index in [9.17, 15) is 20.0 Å². The van der Waals surface area contributed by atoms with Gasteiger partial charge in [-0.15, -0.1) is 0 Å². The number of azide groups is 1. The minimum Gasteiger partial charge on any atom is -0.389 e. The number of aliphatic hydroxyl groups is 1. The molecule has 11 heteroatoms. The fourth-order valence-corrected chi connectivity index (χ4v) is 9.63. The Morgan fingerprint density at radius 2 is 1.88 bits per heavy atom. The van der Waals surface area contributed by atoms with Crippen molar-refractivity contribution < 1.29 is 24.3 Å². The predicted octanol–water partition coefficient (Wildman–Crippen LogP) is 6.42. The van der Waals surface area contributed by atoms with Gasteiger partial charge in [-0.25, -0.2) is 0 Å². The maximum absolute atomic E-state index is 13.0. The zero-order valence-electron chi connectivity index (χ0n) is 24.6. The first-order valence-electron chi connectivity index (χ1n) is 14.9. The van der Waals surface area contributed by atoms with Gasteiger partial charge in [-0.3, -0.25) is 14.9 Å². The summed E-state index contributed by atoms with van der Waals surface area (Å²) in [6, 6.07) is 3.70. The minimum atomic E-state index is -0.916. The van der Waals surface area contributed by atoms with Crippen LogP contribution in [0.4, 0.5) is 11.4 Å². The smallest absolute Gasteiger partial charge is 0.282 e. The van der Waals surface area contributed by atoms with Crippen LogP contribution in [0, 0.1) is 44.6 Å². The van der Waals surface area contributed by atoms with Crippen molar-refractivity contribution in [2.75, 3.05) is 20.8 Å². The van der Waals surface area contributed by atoms with E-state index in [2.05, 4.69) is 29.2 Å². The largest absolute Gasteiger partial charge is 0.389 e. The van der Waals surface area contributed by atoms with Gasteiger partial charge < -0.3 is 19.9 Å². The van der Waals surface area contributed by atoms with Crippen molar-refractivity contribution in [1.82, 2.24) is 5.32 Å². The summed E-state index contributed by atoms with van der Waals surface area (Å²) in [6.45, 7) is 4.93. The molecule has 0 aliphatic heterocycles. The normalized spacial score (nSPS) is 37.2. The van der Waals surface area contributed by atoms with Crippen LogP contribution in [0.15, 0.2) is 23.3 Å². The van der Waals surface area contributed by atoms with Crippen LogP contribution < -0.4 is 5.32 Å². The highest BCUT2D eigenvalue weighted by Crippen LogP contribution is 2.69. The molecular weight excluding hydrogens is 526 g/mol. The number of benzene rings is 1. The number of nitro groups is 1. The Morgan fingerprint density at radius 1 is 1.15 bits per heavy atom. The Labute approximate surface area is 241 Å². The lowest BCUT2D eigenvalue weighted by atomic mass is 9.44.